The lowest BCUT2D eigenvalue weighted by atomic mass is 10.2. The van der Waals surface area contributed by atoms with Gasteiger partial charge in [-0.25, -0.2) is 0 Å². The fourth-order valence-electron chi connectivity index (χ4n) is 2.65. The molecule has 1 heterocycles. The second-order valence-corrected chi connectivity index (χ2v) is 7.01. The van der Waals surface area contributed by atoms with Gasteiger partial charge in [0.15, 0.2) is 22.5 Å². The Kier molecular flexibility index (Phi) is 6.54. The van der Waals surface area contributed by atoms with E-state index in [9.17, 15) is 4.79 Å². The summed E-state index contributed by atoms with van der Waals surface area (Å²) in [5.74, 6) is 2.51. The predicted octanol–water partition coefficient (Wildman–Crippen LogP) is 3.62. The molecule has 1 aromatic heterocycles. The lowest BCUT2D eigenvalue weighted by Gasteiger charge is -2.10. The van der Waals surface area contributed by atoms with Gasteiger partial charge in [-0.3, -0.25) is 4.79 Å². The Morgan fingerprint density at radius 3 is 2.54 bits per heavy atom. The number of carbonyl (C=O) groups is 1. The molecule has 28 heavy (non-hydrogen) atoms. The van der Waals surface area contributed by atoms with Crippen molar-refractivity contribution in [1.82, 2.24) is 14.8 Å². The molecule has 7 nitrogen and oxygen atoms in total. The summed E-state index contributed by atoms with van der Waals surface area (Å²) in [4.78, 5) is 12.2. The van der Waals surface area contributed by atoms with Crippen LogP contribution < -0.4 is 14.8 Å². The Balaban J connectivity index is 1.54. The highest BCUT2D eigenvalue weighted by Gasteiger charge is 2.12. The summed E-state index contributed by atoms with van der Waals surface area (Å²) >= 11 is 1.50. The van der Waals surface area contributed by atoms with Gasteiger partial charge in [0.25, 0.3) is 0 Å². The molecule has 0 saturated carbocycles. The van der Waals surface area contributed by atoms with Crippen molar-refractivity contribution in [2.45, 2.75) is 11.6 Å². The first-order chi connectivity index (χ1) is 13.6. The van der Waals surface area contributed by atoms with E-state index in [0.29, 0.717) is 29.4 Å². The van der Waals surface area contributed by atoms with Crippen LogP contribution in [0.4, 0.5) is 5.69 Å². The van der Waals surface area contributed by atoms with E-state index in [-0.39, 0.29) is 5.91 Å². The first-order valence-electron chi connectivity index (χ1n) is 8.72. The molecule has 0 radical (unpaired) electrons. The zero-order valence-electron chi connectivity index (χ0n) is 16.0. The van der Waals surface area contributed by atoms with Gasteiger partial charge in [-0.2, -0.15) is 0 Å². The molecule has 0 aliphatic rings. The first kappa shape index (κ1) is 19.8. The first-order valence-corrected chi connectivity index (χ1v) is 9.70. The molecule has 3 rings (SSSR count). The third-order valence-electron chi connectivity index (χ3n) is 4.09. The van der Waals surface area contributed by atoms with Crippen LogP contribution in [0.15, 0.2) is 53.7 Å². The maximum absolute atomic E-state index is 12.2. The molecule has 0 spiro atoms. The van der Waals surface area contributed by atoms with Crippen molar-refractivity contribution in [3.8, 4) is 22.9 Å². The fraction of sp³-hybridized carbons (Fsp3) is 0.250. The average Bonchev–Trinajstić information content (AvgIpc) is 3.09. The summed E-state index contributed by atoms with van der Waals surface area (Å²) < 4.78 is 12.4. The highest BCUT2D eigenvalue weighted by Crippen LogP contribution is 2.30. The molecule has 0 bridgehead atoms. The number of aromatic nitrogens is 3. The van der Waals surface area contributed by atoms with Crippen LogP contribution in [0.25, 0.3) is 11.4 Å². The van der Waals surface area contributed by atoms with E-state index in [1.165, 1.54) is 11.8 Å². The molecule has 2 aromatic carbocycles. The zero-order chi connectivity index (χ0) is 19.9. The summed E-state index contributed by atoms with van der Waals surface area (Å²) in [5.41, 5.74) is 1.67. The molecule has 146 valence electrons. The largest absolute Gasteiger partial charge is 0.493 e. The summed E-state index contributed by atoms with van der Waals surface area (Å²) in [6.45, 7) is 0. The second-order valence-electron chi connectivity index (χ2n) is 5.95. The number of methoxy groups -OCH3 is 2. The Labute approximate surface area is 168 Å². The number of hydrogen-bond acceptors (Lipinski definition) is 6. The summed E-state index contributed by atoms with van der Waals surface area (Å²) in [6, 6.07) is 15.2. The number of anilines is 1. The minimum absolute atomic E-state index is 0.0785. The number of amides is 1. The quantitative estimate of drug-likeness (QED) is 0.584. The van der Waals surface area contributed by atoms with Gasteiger partial charge in [-0.15, -0.1) is 10.2 Å². The highest BCUT2D eigenvalue weighted by molar-refractivity contribution is 7.99. The van der Waals surface area contributed by atoms with E-state index in [1.54, 1.807) is 32.4 Å². The minimum atomic E-state index is -0.0785. The molecule has 0 atom stereocenters. The van der Waals surface area contributed by atoms with Crippen LogP contribution in [0.5, 0.6) is 11.5 Å². The Morgan fingerprint density at radius 2 is 1.82 bits per heavy atom. The molecule has 0 fully saturated rings. The minimum Gasteiger partial charge on any atom is -0.493 e. The average molecular weight is 398 g/mol. The molecular weight excluding hydrogens is 376 g/mol. The number of benzene rings is 2. The third-order valence-corrected chi connectivity index (χ3v) is 5.12. The predicted molar refractivity (Wildman–Crippen MR) is 110 cm³/mol. The van der Waals surface area contributed by atoms with Crippen LogP contribution in [-0.4, -0.2) is 40.6 Å². The standard InChI is InChI=1S/C20H22N4O3S/c1-24-19(14-7-5-4-6-8-14)22-23-20(24)28-12-11-18(25)21-15-9-10-16(26-2)17(13-15)27-3/h4-10,13H,11-12H2,1-3H3,(H,21,25). The lowest BCUT2D eigenvalue weighted by molar-refractivity contribution is -0.115. The highest BCUT2D eigenvalue weighted by atomic mass is 32.2. The van der Waals surface area contributed by atoms with Crippen LogP contribution in [0, 0.1) is 0 Å². The summed E-state index contributed by atoms with van der Waals surface area (Å²) in [7, 11) is 5.06. The van der Waals surface area contributed by atoms with E-state index in [2.05, 4.69) is 15.5 Å². The molecule has 1 N–H and O–H groups in total. The molecule has 0 unspecified atom stereocenters. The van der Waals surface area contributed by atoms with E-state index in [4.69, 9.17) is 9.47 Å². The molecule has 1 amide bonds. The van der Waals surface area contributed by atoms with Gasteiger partial charge in [-0.05, 0) is 12.1 Å². The van der Waals surface area contributed by atoms with Crippen molar-refractivity contribution < 1.29 is 14.3 Å². The Hall–Kier alpha value is -3.00. The Bertz CT molecular complexity index is 944. The van der Waals surface area contributed by atoms with Crippen LogP contribution in [0.1, 0.15) is 6.42 Å². The second kappa shape index (κ2) is 9.27. The van der Waals surface area contributed by atoms with E-state index >= 15 is 0 Å². The number of carbonyl (C=O) groups excluding carboxylic acids is 1. The van der Waals surface area contributed by atoms with Crippen LogP contribution in [-0.2, 0) is 11.8 Å². The van der Waals surface area contributed by atoms with Crippen molar-refractivity contribution in [2.24, 2.45) is 7.05 Å². The van der Waals surface area contributed by atoms with Crippen LogP contribution >= 0.6 is 11.8 Å². The van der Waals surface area contributed by atoms with Gasteiger partial charge in [-0.1, -0.05) is 42.1 Å². The number of nitrogens with one attached hydrogen (secondary N) is 1. The normalized spacial score (nSPS) is 10.5. The Morgan fingerprint density at radius 1 is 1.07 bits per heavy atom. The van der Waals surface area contributed by atoms with Gasteiger partial charge < -0.3 is 19.4 Å². The molecule has 0 aliphatic heterocycles. The van der Waals surface area contributed by atoms with E-state index < -0.39 is 0 Å². The van der Waals surface area contributed by atoms with Gasteiger partial charge in [0.05, 0.1) is 14.2 Å². The van der Waals surface area contributed by atoms with Crippen molar-refractivity contribution >= 4 is 23.4 Å². The molecule has 3 aromatic rings. The maximum atomic E-state index is 12.2. The topological polar surface area (TPSA) is 78.3 Å². The van der Waals surface area contributed by atoms with Gasteiger partial charge in [0, 0.05) is 36.5 Å². The van der Waals surface area contributed by atoms with Crippen molar-refractivity contribution in [3.63, 3.8) is 0 Å². The van der Waals surface area contributed by atoms with E-state index in [0.717, 1.165) is 16.5 Å². The SMILES string of the molecule is COc1ccc(NC(=O)CCSc2nnc(-c3ccccc3)n2C)cc1OC. The number of hydrogen-bond donors (Lipinski definition) is 1. The number of nitrogens with zero attached hydrogens (tertiary/aromatic N) is 3. The van der Waals surface area contributed by atoms with E-state index in [1.807, 2.05) is 41.9 Å². The lowest BCUT2D eigenvalue weighted by Crippen LogP contribution is -2.12. The summed E-state index contributed by atoms with van der Waals surface area (Å²) in [5, 5.41) is 12.1. The van der Waals surface area contributed by atoms with Crippen molar-refractivity contribution in [1.29, 1.82) is 0 Å². The number of rotatable bonds is 8. The molecule has 0 saturated heterocycles. The third kappa shape index (κ3) is 4.64. The smallest absolute Gasteiger partial charge is 0.225 e. The number of ether oxygens (including phenoxy) is 2. The van der Waals surface area contributed by atoms with Crippen LogP contribution in [0.2, 0.25) is 0 Å². The van der Waals surface area contributed by atoms with Gasteiger partial charge in [0.1, 0.15) is 0 Å². The van der Waals surface area contributed by atoms with Crippen molar-refractivity contribution in [3.05, 3.63) is 48.5 Å². The maximum Gasteiger partial charge on any atom is 0.225 e. The summed E-state index contributed by atoms with van der Waals surface area (Å²) in [6.07, 6.45) is 0.354. The zero-order valence-corrected chi connectivity index (χ0v) is 16.8. The monoisotopic (exact) mass is 398 g/mol. The molecular formula is C20H22N4O3S. The molecule has 0 aliphatic carbocycles. The van der Waals surface area contributed by atoms with Gasteiger partial charge >= 0.3 is 0 Å². The van der Waals surface area contributed by atoms with Gasteiger partial charge in [0.2, 0.25) is 5.91 Å². The molecule has 8 heteroatoms. The number of thioether (sulfide) groups is 1. The van der Waals surface area contributed by atoms with Crippen LogP contribution in [0.3, 0.4) is 0 Å². The van der Waals surface area contributed by atoms with Crippen molar-refractivity contribution in [2.75, 3.05) is 25.3 Å². The fourth-order valence-corrected chi connectivity index (χ4v) is 3.50.